The van der Waals surface area contributed by atoms with Crippen molar-refractivity contribution in [2.75, 3.05) is 6.61 Å². The van der Waals surface area contributed by atoms with Gasteiger partial charge in [-0.1, -0.05) is 40.7 Å². The maximum Gasteiger partial charge on any atom is 0.237 e. The Bertz CT molecular complexity index is 1110. The molecule has 2 aromatic carbocycles. The highest BCUT2D eigenvalue weighted by molar-refractivity contribution is 7.98. The van der Waals surface area contributed by atoms with Crippen LogP contribution in [0.3, 0.4) is 0 Å². The van der Waals surface area contributed by atoms with Crippen LogP contribution in [0.5, 0.6) is 5.75 Å². The normalized spacial score (nSPS) is 11.0. The Kier molecular flexibility index (Phi) is 5.82. The molecule has 4 rings (SSSR count). The van der Waals surface area contributed by atoms with Crippen LogP contribution in [0.15, 0.2) is 58.2 Å². The van der Waals surface area contributed by atoms with Crippen molar-refractivity contribution in [2.45, 2.75) is 24.8 Å². The molecule has 4 aromatic rings. The minimum Gasteiger partial charge on any atom is -0.493 e. The number of thioether (sulfide) groups is 1. The number of halogens is 1. The van der Waals surface area contributed by atoms with Gasteiger partial charge in [0.1, 0.15) is 11.6 Å². The highest BCUT2D eigenvalue weighted by atomic mass is 35.5. The smallest absolute Gasteiger partial charge is 0.237 e. The zero-order chi connectivity index (χ0) is 20.2. The zero-order valence-corrected chi connectivity index (χ0v) is 17.4. The van der Waals surface area contributed by atoms with Gasteiger partial charge in [0.05, 0.1) is 17.9 Å². The lowest BCUT2D eigenvalue weighted by atomic mass is 10.2. The third-order valence-electron chi connectivity index (χ3n) is 4.10. The van der Waals surface area contributed by atoms with Gasteiger partial charge in [0.15, 0.2) is 5.16 Å². The van der Waals surface area contributed by atoms with Gasteiger partial charge in [-0.3, -0.25) is 4.57 Å². The molecule has 7 nitrogen and oxygen atoms in total. The summed E-state index contributed by atoms with van der Waals surface area (Å²) in [6, 6.07) is 15.2. The van der Waals surface area contributed by atoms with E-state index in [2.05, 4.69) is 20.3 Å². The highest BCUT2D eigenvalue weighted by Gasteiger charge is 2.16. The predicted octanol–water partition coefficient (Wildman–Crippen LogP) is 4.97. The fraction of sp³-hybridized carbons (Fsp3) is 0.200. The number of ether oxygens (including phenoxy) is 1. The van der Waals surface area contributed by atoms with E-state index >= 15 is 0 Å². The lowest BCUT2D eigenvalue weighted by Gasteiger charge is -2.07. The Morgan fingerprint density at radius 2 is 1.90 bits per heavy atom. The molecule has 0 spiro atoms. The van der Waals surface area contributed by atoms with E-state index in [1.54, 1.807) is 0 Å². The third kappa shape index (κ3) is 4.28. The minimum atomic E-state index is 0.468. The first-order valence-corrected chi connectivity index (χ1v) is 10.4. The number of aromatic nitrogens is 5. The molecule has 0 amide bonds. The molecule has 0 aliphatic heterocycles. The molecular weight excluding hydrogens is 410 g/mol. The molecule has 0 bridgehead atoms. The van der Waals surface area contributed by atoms with Gasteiger partial charge in [-0.15, -0.1) is 10.2 Å². The maximum atomic E-state index is 6.00. The van der Waals surface area contributed by atoms with E-state index in [4.69, 9.17) is 20.9 Å². The lowest BCUT2D eigenvalue weighted by Crippen LogP contribution is -1.99. The number of hydrogen-bond acceptors (Lipinski definition) is 7. The van der Waals surface area contributed by atoms with Crippen LogP contribution < -0.4 is 4.74 Å². The molecule has 0 fully saturated rings. The largest absolute Gasteiger partial charge is 0.493 e. The molecule has 0 saturated heterocycles. The molecular formula is C20H18ClN5O2S. The summed E-state index contributed by atoms with van der Waals surface area (Å²) in [6.07, 6.45) is 0. The summed E-state index contributed by atoms with van der Waals surface area (Å²) in [5, 5.41) is 14.0. The molecule has 0 N–H and O–H groups in total. The molecule has 2 heterocycles. The molecule has 29 heavy (non-hydrogen) atoms. The second kappa shape index (κ2) is 8.67. The van der Waals surface area contributed by atoms with Crippen molar-refractivity contribution in [1.29, 1.82) is 0 Å². The van der Waals surface area contributed by atoms with Crippen molar-refractivity contribution in [3.05, 3.63) is 65.3 Å². The van der Waals surface area contributed by atoms with Crippen molar-refractivity contribution in [3.63, 3.8) is 0 Å². The van der Waals surface area contributed by atoms with Crippen molar-refractivity contribution >= 4 is 23.4 Å². The first-order chi connectivity index (χ1) is 14.2. The molecule has 0 unspecified atom stereocenters. The summed E-state index contributed by atoms with van der Waals surface area (Å²) in [4.78, 5) is 4.51. The number of nitrogens with zero attached hydrogens (tertiary/aromatic N) is 5. The fourth-order valence-corrected chi connectivity index (χ4v) is 3.77. The van der Waals surface area contributed by atoms with Crippen LogP contribution in [-0.2, 0) is 5.75 Å². The SMILES string of the molecule is CCOc1ccccc1-c1noc(CSc2nnc(C)n2-c2ccc(Cl)cc2)n1. The van der Waals surface area contributed by atoms with E-state index < -0.39 is 0 Å². The summed E-state index contributed by atoms with van der Waals surface area (Å²) in [5.74, 6) is 2.98. The summed E-state index contributed by atoms with van der Waals surface area (Å²) in [6.45, 7) is 4.41. The Hall–Kier alpha value is -2.84. The van der Waals surface area contributed by atoms with Crippen LogP contribution >= 0.6 is 23.4 Å². The van der Waals surface area contributed by atoms with Gasteiger partial charge in [-0.25, -0.2) is 0 Å². The van der Waals surface area contributed by atoms with E-state index in [0.717, 1.165) is 28.0 Å². The van der Waals surface area contributed by atoms with Crippen molar-refractivity contribution in [3.8, 4) is 22.8 Å². The van der Waals surface area contributed by atoms with Crippen LogP contribution in [0.25, 0.3) is 17.1 Å². The molecule has 148 valence electrons. The van der Waals surface area contributed by atoms with E-state index in [9.17, 15) is 0 Å². The quantitative estimate of drug-likeness (QED) is 0.385. The van der Waals surface area contributed by atoms with Gasteiger partial charge in [-0.2, -0.15) is 4.98 Å². The second-order valence-corrected chi connectivity index (χ2v) is 7.45. The summed E-state index contributed by atoms with van der Waals surface area (Å²) < 4.78 is 13.0. The average molecular weight is 428 g/mol. The highest BCUT2D eigenvalue weighted by Crippen LogP contribution is 2.29. The molecule has 0 aliphatic carbocycles. The Morgan fingerprint density at radius 3 is 2.69 bits per heavy atom. The average Bonchev–Trinajstić information content (AvgIpc) is 3.34. The van der Waals surface area contributed by atoms with Crippen molar-refractivity contribution in [2.24, 2.45) is 0 Å². The van der Waals surface area contributed by atoms with E-state index in [0.29, 0.717) is 29.1 Å². The summed E-state index contributed by atoms with van der Waals surface area (Å²) in [5.41, 5.74) is 1.74. The zero-order valence-electron chi connectivity index (χ0n) is 15.9. The Morgan fingerprint density at radius 1 is 1.10 bits per heavy atom. The predicted molar refractivity (Wildman–Crippen MR) is 112 cm³/mol. The number of aryl methyl sites for hydroxylation is 1. The van der Waals surface area contributed by atoms with Gasteiger partial charge in [0.2, 0.25) is 11.7 Å². The van der Waals surface area contributed by atoms with Crippen LogP contribution in [0.1, 0.15) is 18.6 Å². The number of para-hydroxylation sites is 1. The number of benzene rings is 2. The molecule has 0 atom stereocenters. The number of rotatable bonds is 7. The van der Waals surface area contributed by atoms with Gasteiger partial charge < -0.3 is 9.26 Å². The van der Waals surface area contributed by atoms with Gasteiger partial charge in [-0.05, 0) is 50.2 Å². The van der Waals surface area contributed by atoms with Crippen molar-refractivity contribution in [1.82, 2.24) is 24.9 Å². The van der Waals surface area contributed by atoms with Gasteiger partial charge in [0.25, 0.3) is 0 Å². The van der Waals surface area contributed by atoms with Crippen LogP contribution in [0.4, 0.5) is 0 Å². The monoisotopic (exact) mass is 427 g/mol. The topological polar surface area (TPSA) is 78.9 Å². The summed E-state index contributed by atoms with van der Waals surface area (Å²) >= 11 is 7.47. The van der Waals surface area contributed by atoms with Crippen LogP contribution in [0, 0.1) is 6.92 Å². The van der Waals surface area contributed by atoms with E-state index in [1.165, 1.54) is 11.8 Å². The Labute approximate surface area is 177 Å². The molecule has 0 radical (unpaired) electrons. The third-order valence-corrected chi connectivity index (χ3v) is 5.27. The Balaban J connectivity index is 1.52. The standard InChI is InChI=1S/C20H18ClN5O2S/c1-3-27-17-7-5-4-6-16(17)19-22-18(28-25-19)12-29-20-24-23-13(2)26(20)15-10-8-14(21)9-11-15/h4-11H,3,12H2,1-2H3. The van der Waals surface area contributed by atoms with E-state index in [-0.39, 0.29) is 0 Å². The van der Waals surface area contributed by atoms with Gasteiger partial charge in [0, 0.05) is 10.7 Å². The number of hydrogen-bond donors (Lipinski definition) is 0. The maximum absolute atomic E-state index is 6.00. The first-order valence-electron chi connectivity index (χ1n) is 9.01. The van der Waals surface area contributed by atoms with E-state index in [1.807, 2.05) is 66.9 Å². The molecule has 2 aromatic heterocycles. The molecule has 0 saturated carbocycles. The fourth-order valence-electron chi connectivity index (χ4n) is 2.81. The minimum absolute atomic E-state index is 0.468. The van der Waals surface area contributed by atoms with Gasteiger partial charge >= 0.3 is 0 Å². The first kappa shape index (κ1) is 19.5. The van der Waals surface area contributed by atoms with Crippen molar-refractivity contribution < 1.29 is 9.26 Å². The summed E-state index contributed by atoms with van der Waals surface area (Å²) in [7, 11) is 0. The molecule has 0 aliphatic rings. The van der Waals surface area contributed by atoms with Crippen LogP contribution in [-0.4, -0.2) is 31.5 Å². The second-order valence-electron chi connectivity index (χ2n) is 6.07. The lowest BCUT2D eigenvalue weighted by molar-refractivity contribution is 0.341. The molecule has 9 heteroatoms. The van der Waals surface area contributed by atoms with Crippen LogP contribution in [0.2, 0.25) is 5.02 Å².